The van der Waals surface area contributed by atoms with Gasteiger partial charge in [-0.05, 0) is 24.4 Å². The van der Waals surface area contributed by atoms with Gasteiger partial charge in [-0.2, -0.15) is 0 Å². The molecule has 1 N–H and O–H groups in total. The predicted octanol–water partition coefficient (Wildman–Crippen LogP) is 2.94. The monoisotopic (exact) mass is 285 g/mol. The topological polar surface area (TPSA) is 46.9 Å². The first-order valence-electron chi connectivity index (χ1n) is 6.55. The van der Waals surface area contributed by atoms with Gasteiger partial charge in [-0.3, -0.25) is 4.79 Å². The SMILES string of the molecule is CCNc1ncc(Cn2c(=O)ccc3ccccc32)s1. The zero-order valence-corrected chi connectivity index (χ0v) is 12.0. The molecule has 0 amide bonds. The molecule has 0 fully saturated rings. The maximum absolute atomic E-state index is 12.1. The third kappa shape index (κ3) is 2.44. The summed E-state index contributed by atoms with van der Waals surface area (Å²) in [7, 11) is 0. The molecule has 4 nitrogen and oxygen atoms in total. The molecule has 0 aliphatic carbocycles. The number of para-hydroxylation sites is 1. The average molecular weight is 285 g/mol. The molecule has 0 saturated carbocycles. The Balaban J connectivity index is 2.01. The Morgan fingerprint density at radius 2 is 2.10 bits per heavy atom. The maximum atomic E-state index is 12.1. The van der Waals surface area contributed by atoms with Crippen molar-refractivity contribution < 1.29 is 0 Å². The minimum Gasteiger partial charge on any atom is -0.362 e. The van der Waals surface area contributed by atoms with Crippen LogP contribution in [0.25, 0.3) is 10.9 Å². The molecular formula is C15H15N3OS. The Morgan fingerprint density at radius 3 is 2.95 bits per heavy atom. The summed E-state index contributed by atoms with van der Waals surface area (Å²) in [5.41, 5.74) is 0.973. The molecule has 0 atom stereocenters. The van der Waals surface area contributed by atoms with Crippen molar-refractivity contribution in [3.05, 3.63) is 57.8 Å². The summed E-state index contributed by atoms with van der Waals surface area (Å²) >= 11 is 1.59. The van der Waals surface area contributed by atoms with E-state index in [4.69, 9.17) is 0 Å². The first-order valence-corrected chi connectivity index (χ1v) is 7.37. The van der Waals surface area contributed by atoms with Crippen molar-refractivity contribution in [2.24, 2.45) is 0 Å². The van der Waals surface area contributed by atoms with E-state index in [0.29, 0.717) is 6.54 Å². The molecule has 1 aromatic carbocycles. The predicted molar refractivity (Wildman–Crippen MR) is 83.6 cm³/mol. The van der Waals surface area contributed by atoms with Crippen molar-refractivity contribution >= 4 is 27.4 Å². The minimum absolute atomic E-state index is 0.0158. The van der Waals surface area contributed by atoms with Crippen LogP contribution >= 0.6 is 11.3 Å². The summed E-state index contributed by atoms with van der Waals surface area (Å²) in [4.78, 5) is 17.5. The number of anilines is 1. The van der Waals surface area contributed by atoms with Gasteiger partial charge in [0, 0.05) is 23.7 Å². The lowest BCUT2D eigenvalue weighted by Gasteiger charge is -2.08. The molecule has 20 heavy (non-hydrogen) atoms. The zero-order valence-electron chi connectivity index (χ0n) is 11.2. The van der Waals surface area contributed by atoms with Gasteiger partial charge in [0.25, 0.3) is 5.56 Å². The van der Waals surface area contributed by atoms with Gasteiger partial charge in [0.2, 0.25) is 0 Å². The number of hydrogen-bond donors (Lipinski definition) is 1. The van der Waals surface area contributed by atoms with Crippen LogP contribution in [0.5, 0.6) is 0 Å². The standard InChI is InChI=1S/C15H15N3OS/c1-2-16-15-17-9-12(20-15)10-18-13-6-4-3-5-11(13)7-8-14(18)19/h3-9H,2,10H2,1H3,(H,16,17). The third-order valence-corrected chi connectivity index (χ3v) is 4.03. The average Bonchev–Trinajstić information content (AvgIpc) is 2.90. The number of nitrogens with zero attached hydrogens (tertiary/aromatic N) is 2. The van der Waals surface area contributed by atoms with Crippen LogP contribution in [0.2, 0.25) is 0 Å². The minimum atomic E-state index is 0.0158. The molecular weight excluding hydrogens is 270 g/mol. The van der Waals surface area contributed by atoms with Crippen LogP contribution in [0.15, 0.2) is 47.4 Å². The number of rotatable bonds is 4. The summed E-state index contributed by atoms with van der Waals surface area (Å²) < 4.78 is 1.79. The summed E-state index contributed by atoms with van der Waals surface area (Å²) in [6.07, 6.45) is 1.83. The lowest BCUT2D eigenvalue weighted by molar-refractivity contribution is 0.805. The Kier molecular flexibility index (Phi) is 3.52. The molecule has 3 aromatic rings. The molecule has 0 aliphatic heterocycles. The fraction of sp³-hybridized carbons (Fsp3) is 0.200. The Bertz CT molecular complexity index is 791. The second-order valence-electron chi connectivity index (χ2n) is 4.48. The van der Waals surface area contributed by atoms with E-state index in [1.807, 2.05) is 43.5 Å². The number of thiazole rings is 1. The van der Waals surface area contributed by atoms with Gasteiger partial charge in [-0.1, -0.05) is 18.2 Å². The van der Waals surface area contributed by atoms with Crippen molar-refractivity contribution in [3.63, 3.8) is 0 Å². The van der Waals surface area contributed by atoms with Crippen molar-refractivity contribution in [1.82, 2.24) is 9.55 Å². The van der Waals surface area contributed by atoms with E-state index in [0.717, 1.165) is 27.5 Å². The van der Waals surface area contributed by atoms with Gasteiger partial charge >= 0.3 is 0 Å². The number of hydrogen-bond acceptors (Lipinski definition) is 4. The van der Waals surface area contributed by atoms with Gasteiger partial charge in [0.05, 0.1) is 12.1 Å². The first-order chi connectivity index (χ1) is 9.78. The third-order valence-electron chi connectivity index (χ3n) is 3.09. The Labute approximate surface area is 120 Å². The molecule has 0 unspecified atom stereocenters. The fourth-order valence-electron chi connectivity index (χ4n) is 2.18. The highest BCUT2D eigenvalue weighted by molar-refractivity contribution is 7.15. The van der Waals surface area contributed by atoms with E-state index in [2.05, 4.69) is 10.3 Å². The molecule has 5 heteroatoms. The van der Waals surface area contributed by atoms with Crippen molar-refractivity contribution in [3.8, 4) is 0 Å². The van der Waals surface area contributed by atoms with E-state index in [-0.39, 0.29) is 5.56 Å². The molecule has 0 saturated heterocycles. The van der Waals surface area contributed by atoms with Crippen LogP contribution in [0.3, 0.4) is 0 Å². The van der Waals surface area contributed by atoms with Gasteiger partial charge in [-0.15, -0.1) is 11.3 Å². The van der Waals surface area contributed by atoms with E-state index in [1.165, 1.54) is 0 Å². The highest BCUT2D eigenvalue weighted by Gasteiger charge is 2.06. The maximum Gasteiger partial charge on any atom is 0.251 e. The Hall–Kier alpha value is -2.14. The molecule has 2 heterocycles. The van der Waals surface area contributed by atoms with E-state index in [9.17, 15) is 4.79 Å². The summed E-state index contributed by atoms with van der Waals surface area (Å²) in [6, 6.07) is 11.4. The largest absolute Gasteiger partial charge is 0.362 e. The summed E-state index contributed by atoms with van der Waals surface area (Å²) in [6.45, 7) is 3.45. The molecule has 0 spiro atoms. The van der Waals surface area contributed by atoms with E-state index in [1.54, 1.807) is 22.0 Å². The van der Waals surface area contributed by atoms with Gasteiger partial charge < -0.3 is 9.88 Å². The molecule has 0 aliphatic rings. The Morgan fingerprint density at radius 1 is 1.25 bits per heavy atom. The quantitative estimate of drug-likeness (QED) is 0.801. The second kappa shape index (κ2) is 5.46. The van der Waals surface area contributed by atoms with Crippen LogP contribution in [0.1, 0.15) is 11.8 Å². The fourth-order valence-corrected chi connectivity index (χ4v) is 3.05. The molecule has 2 aromatic heterocycles. The van der Waals surface area contributed by atoms with E-state index >= 15 is 0 Å². The highest BCUT2D eigenvalue weighted by atomic mass is 32.1. The second-order valence-corrected chi connectivity index (χ2v) is 5.59. The smallest absolute Gasteiger partial charge is 0.251 e. The molecule has 0 bridgehead atoms. The van der Waals surface area contributed by atoms with Crippen LogP contribution in [0.4, 0.5) is 5.13 Å². The molecule has 102 valence electrons. The lowest BCUT2D eigenvalue weighted by Crippen LogP contribution is -2.19. The number of fused-ring (bicyclic) bond motifs is 1. The van der Waals surface area contributed by atoms with Crippen molar-refractivity contribution in [2.45, 2.75) is 13.5 Å². The highest BCUT2D eigenvalue weighted by Crippen LogP contribution is 2.20. The molecule has 3 rings (SSSR count). The van der Waals surface area contributed by atoms with Crippen molar-refractivity contribution in [1.29, 1.82) is 0 Å². The summed E-state index contributed by atoms with van der Waals surface area (Å²) in [5.74, 6) is 0. The number of benzene rings is 1. The van der Waals surface area contributed by atoms with Crippen LogP contribution in [0, 0.1) is 0 Å². The normalized spacial score (nSPS) is 10.8. The zero-order chi connectivity index (χ0) is 13.9. The van der Waals surface area contributed by atoms with Crippen LogP contribution in [-0.2, 0) is 6.54 Å². The van der Waals surface area contributed by atoms with Crippen LogP contribution in [-0.4, -0.2) is 16.1 Å². The van der Waals surface area contributed by atoms with Crippen molar-refractivity contribution in [2.75, 3.05) is 11.9 Å². The number of aromatic nitrogens is 2. The number of nitrogens with one attached hydrogen (secondary N) is 1. The van der Waals surface area contributed by atoms with Crippen LogP contribution < -0.4 is 10.9 Å². The summed E-state index contributed by atoms with van der Waals surface area (Å²) in [5, 5.41) is 5.16. The number of pyridine rings is 1. The van der Waals surface area contributed by atoms with Gasteiger partial charge in [0.15, 0.2) is 5.13 Å². The lowest BCUT2D eigenvalue weighted by atomic mass is 10.2. The first kappa shape index (κ1) is 12.9. The molecule has 0 radical (unpaired) electrons. The van der Waals surface area contributed by atoms with Gasteiger partial charge in [-0.25, -0.2) is 4.98 Å². The van der Waals surface area contributed by atoms with E-state index < -0.39 is 0 Å². The van der Waals surface area contributed by atoms with Gasteiger partial charge in [0.1, 0.15) is 0 Å².